The van der Waals surface area contributed by atoms with Crippen molar-refractivity contribution in [2.45, 2.75) is 32.5 Å². The van der Waals surface area contributed by atoms with Crippen LogP contribution in [-0.2, 0) is 9.53 Å². The van der Waals surface area contributed by atoms with Gasteiger partial charge >= 0.3 is 12.1 Å². The van der Waals surface area contributed by atoms with E-state index in [1.54, 1.807) is 4.90 Å². The first-order chi connectivity index (χ1) is 8.50. The number of halogens is 3. The van der Waals surface area contributed by atoms with Crippen molar-refractivity contribution in [2.24, 2.45) is 0 Å². The van der Waals surface area contributed by atoms with E-state index in [0.29, 0.717) is 5.88 Å². The maximum atomic E-state index is 12.3. The van der Waals surface area contributed by atoms with Crippen LogP contribution >= 0.6 is 0 Å². The second-order valence-corrected chi connectivity index (χ2v) is 5.39. The molecule has 0 aromatic heterocycles. The topological polar surface area (TPSA) is 32.8 Å². The molecule has 0 atom stereocenters. The molecule has 7 heteroatoms. The van der Waals surface area contributed by atoms with Gasteiger partial charge in [0.25, 0.3) is 0 Å². The third-order valence-corrected chi connectivity index (χ3v) is 2.59. The summed E-state index contributed by atoms with van der Waals surface area (Å²) in [7, 11) is 0. The van der Waals surface area contributed by atoms with Crippen LogP contribution in [-0.4, -0.2) is 53.7 Å². The van der Waals surface area contributed by atoms with Gasteiger partial charge in [0, 0.05) is 26.2 Å². The van der Waals surface area contributed by atoms with Gasteiger partial charge in [0.15, 0.2) is 5.88 Å². The average molecular weight is 280 g/mol. The van der Waals surface area contributed by atoms with Crippen LogP contribution in [0, 0.1) is 0 Å². The zero-order chi connectivity index (χ0) is 14.8. The summed E-state index contributed by atoms with van der Waals surface area (Å²) in [6.45, 7) is 9.96. The normalized spacial score (nSPS) is 17.4. The van der Waals surface area contributed by atoms with Crippen LogP contribution in [0.5, 0.6) is 0 Å². The average Bonchev–Trinajstić information content (AvgIpc) is 2.24. The van der Waals surface area contributed by atoms with E-state index in [2.05, 4.69) is 6.58 Å². The zero-order valence-corrected chi connectivity index (χ0v) is 11.4. The highest BCUT2D eigenvalue weighted by Crippen LogP contribution is 2.21. The number of amides is 1. The molecule has 1 saturated heterocycles. The Bertz CT molecular complexity index is 353. The minimum absolute atomic E-state index is 0.0187. The minimum atomic E-state index is -4.80. The fraction of sp³-hybridized carbons (Fsp3) is 0.750. The van der Waals surface area contributed by atoms with Gasteiger partial charge in [0.2, 0.25) is 0 Å². The lowest BCUT2D eigenvalue weighted by atomic mass is 10.2. The molecule has 1 rings (SSSR count). The van der Waals surface area contributed by atoms with Crippen molar-refractivity contribution < 1.29 is 22.7 Å². The molecule has 0 N–H and O–H groups in total. The van der Waals surface area contributed by atoms with Crippen molar-refractivity contribution in [3.63, 3.8) is 0 Å². The number of alkyl halides is 3. The Morgan fingerprint density at radius 3 is 1.84 bits per heavy atom. The van der Waals surface area contributed by atoms with Gasteiger partial charge in [-0.2, -0.15) is 13.2 Å². The van der Waals surface area contributed by atoms with Gasteiger partial charge < -0.3 is 14.5 Å². The number of nitrogens with zero attached hydrogens (tertiary/aromatic N) is 2. The Morgan fingerprint density at radius 1 is 1.05 bits per heavy atom. The summed E-state index contributed by atoms with van der Waals surface area (Å²) >= 11 is 0. The summed E-state index contributed by atoms with van der Waals surface area (Å²) < 4.78 is 42.3. The molecule has 1 amide bonds. The van der Waals surface area contributed by atoms with E-state index in [4.69, 9.17) is 4.74 Å². The predicted octanol–water partition coefficient (Wildman–Crippen LogP) is 1.98. The highest BCUT2D eigenvalue weighted by atomic mass is 19.4. The van der Waals surface area contributed by atoms with Gasteiger partial charge in [-0.05, 0) is 27.4 Å². The molecule has 0 bridgehead atoms. The number of ether oxygens (including phenoxy) is 1. The van der Waals surface area contributed by atoms with E-state index in [1.165, 1.54) is 0 Å². The molecule has 0 radical (unpaired) electrons. The fourth-order valence-corrected chi connectivity index (χ4v) is 1.76. The number of rotatable bonds is 2. The van der Waals surface area contributed by atoms with Crippen LogP contribution in [0.1, 0.15) is 20.8 Å². The van der Waals surface area contributed by atoms with Gasteiger partial charge in [0.1, 0.15) is 5.60 Å². The summed E-state index contributed by atoms with van der Waals surface area (Å²) in [5.74, 6) is -1.36. The summed E-state index contributed by atoms with van der Waals surface area (Å²) in [5, 5.41) is 0. The number of piperazine rings is 1. The van der Waals surface area contributed by atoms with Crippen molar-refractivity contribution in [1.82, 2.24) is 9.80 Å². The van der Waals surface area contributed by atoms with Gasteiger partial charge in [-0.1, -0.05) is 0 Å². The number of carbonyl (C=O) groups excluding carboxylic acids is 1. The van der Waals surface area contributed by atoms with Crippen LogP contribution < -0.4 is 0 Å². The quantitative estimate of drug-likeness (QED) is 0.725. The smallest absolute Gasteiger partial charge is 0.471 e. The molecule has 110 valence electrons. The predicted molar refractivity (Wildman–Crippen MR) is 64.2 cm³/mol. The van der Waals surface area contributed by atoms with E-state index >= 15 is 0 Å². The Morgan fingerprint density at radius 2 is 1.47 bits per heavy atom. The third kappa shape index (κ3) is 4.65. The Kier molecular flexibility index (Phi) is 4.37. The number of carbonyl (C=O) groups is 1. The van der Waals surface area contributed by atoms with E-state index in [0.717, 1.165) is 4.90 Å². The summed E-state index contributed by atoms with van der Waals surface area (Å²) in [5.41, 5.74) is -0.407. The highest BCUT2D eigenvalue weighted by Gasteiger charge is 2.43. The molecule has 0 spiro atoms. The monoisotopic (exact) mass is 280 g/mol. The van der Waals surface area contributed by atoms with E-state index in [1.807, 2.05) is 20.8 Å². The van der Waals surface area contributed by atoms with Crippen LogP contribution in [0.3, 0.4) is 0 Å². The first kappa shape index (κ1) is 15.7. The number of hydrogen-bond donors (Lipinski definition) is 0. The second-order valence-electron chi connectivity index (χ2n) is 5.39. The van der Waals surface area contributed by atoms with Gasteiger partial charge in [-0.15, -0.1) is 0 Å². The first-order valence-electron chi connectivity index (χ1n) is 5.99. The van der Waals surface area contributed by atoms with Crippen molar-refractivity contribution in [2.75, 3.05) is 26.2 Å². The summed E-state index contributed by atoms with van der Waals surface area (Å²) in [4.78, 5) is 13.6. The molecule has 4 nitrogen and oxygen atoms in total. The molecule has 0 aromatic rings. The number of hydrogen-bond acceptors (Lipinski definition) is 3. The molecule has 1 aliphatic rings. The van der Waals surface area contributed by atoms with Gasteiger partial charge in [0.05, 0.1) is 0 Å². The molecule has 1 heterocycles. The molecular weight excluding hydrogens is 261 g/mol. The van der Waals surface area contributed by atoms with Gasteiger partial charge in [-0.3, -0.25) is 4.79 Å². The van der Waals surface area contributed by atoms with E-state index in [-0.39, 0.29) is 26.2 Å². The SMILES string of the molecule is C=C(OC(C)(C)C)N1CCN(C(=O)C(F)(F)F)CC1. The molecule has 19 heavy (non-hydrogen) atoms. The molecule has 0 saturated carbocycles. The van der Waals surface area contributed by atoms with Crippen molar-refractivity contribution in [3.8, 4) is 0 Å². The first-order valence-corrected chi connectivity index (χ1v) is 5.99. The van der Waals surface area contributed by atoms with Crippen LogP contribution in [0.15, 0.2) is 12.5 Å². The van der Waals surface area contributed by atoms with Crippen LogP contribution in [0.2, 0.25) is 0 Å². The minimum Gasteiger partial charge on any atom is -0.474 e. The van der Waals surface area contributed by atoms with Gasteiger partial charge in [-0.25, -0.2) is 0 Å². The van der Waals surface area contributed by atoms with Crippen molar-refractivity contribution in [1.29, 1.82) is 0 Å². The van der Waals surface area contributed by atoms with Crippen LogP contribution in [0.4, 0.5) is 13.2 Å². The standard InChI is InChI=1S/C12H19F3N2O2/c1-9(19-11(2,3)4)16-5-7-17(8-6-16)10(18)12(13,14)15/h1,5-8H2,2-4H3. The molecule has 0 aromatic carbocycles. The Balaban J connectivity index is 2.50. The summed E-state index contributed by atoms with van der Waals surface area (Å²) in [6.07, 6.45) is -4.80. The third-order valence-electron chi connectivity index (χ3n) is 2.59. The lowest BCUT2D eigenvalue weighted by Gasteiger charge is -2.38. The maximum Gasteiger partial charge on any atom is 0.471 e. The second kappa shape index (κ2) is 5.30. The highest BCUT2D eigenvalue weighted by molar-refractivity contribution is 5.81. The lowest BCUT2D eigenvalue weighted by Crippen LogP contribution is -2.52. The molecule has 1 aliphatic heterocycles. The zero-order valence-electron chi connectivity index (χ0n) is 11.4. The lowest BCUT2D eigenvalue weighted by molar-refractivity contribution is -0.187. The van der Waals surface area contributed by atoms with E-state index < -0.39 is 17.7 Å². The van der Waals surface area contributed by atoms with Crippen molar-refractivity contribution >= 4 is 5.91 Å². The Labute approximate surface area is 110 Å². The largest absolute Gasteiger partial charge is 0.474 e. The summed E-state index contributed by atoms with van der Waals surface area (Å²) in [6, 6.07) is 0. The van der Waals surface area contributed by atoms with Crippen molar-refractivity contribution in [3.05, 3.63) is 12.5 Å². The van der Waals surface area contributed by atoms with E-state index in [9.17, 15) is 18.0 Å². The Hall–Kier alpha value is -1.40. The van der Waals surface area contributed by atoms with Crippen LogP contribution in [0.25, 0.3) is 0 Å². The molecular formula is C12H19F3N2O2. The molecule has 0 unspecified atom stereocenters. The maximum absolute atomic E-state index is 12.3. The molecule has 0 aliphatic carbocycles. The fourth-order valence-electron chi connectivity index (χ4n) is 1.76. The molecule has 1 fully saturated rings.